The monoisotopic (exact) mass is 646 g/mol. The highest BCUT2D eigenvalue weighted by Crippen LogP contribution is 2.46. The molecule has 3 fully saturated rings. The number of hydrogen-bond donors (Lipinski definition) is 0. The maximum absolute atomic E-state index is 13.3. The lowest BCUT2D eigenvalue weighted by Crippen LogP contribution is -2.56. The number of hydrogen-bond acceptors (Lipinski definition) is 10. The van der Waals surface area contributed by atoms with Gasteiger partial charge in [-0.2, -0.15) is 0 Å². The van der Waals surface area contributed by atoms with Gasteiger partial charge in [-0.1, -0.05) is 60.7 Å². The van der Waals surface area contributed by atoms with Crippen molar-refractivity contribution in [3.63, 3.8) is 0 Å². The second-order valence-corrected chi connectivity index (χ2v) is 12.7. The smallest absolute Gasteiger partial charge is 0.348 e. The van der Waals surface area contributed by atoms with Crippen molar-refractivity contribution < 1.29 is 38.1 Å². The molecule has 0 amide bonds. The Bertz CT molecular complexity index is 1890. The van der Waals surface area contributed by atoms with Gasteiger partial charge in [0, 0.05) is 76.0 Å². The molecule has 244 valence electrons. The first-order valence-corrected chi connectivity index (χ1v) is 15.7. The topological polar surface area (TPSA) is 112 Å². The quantitative estimate of drug-likeness (QED) is 0.154. The third-order valence-electron chi connectivity index (χ3n) is 9.20. The molecule has 10 nitrogen and oxygen atoms in total. The van der Waals surface area contributed by atoms with Crippen LogP contribution in [0.4, 0.5) is 11.4 Å². The molecule has 7 rings (SSSR count). The molecule has 4 aromatic carbocycles. The predicted octanol–water partition coefficient (Wildman–Crippen LogP) is 5.76. The van der Waals surface area contributed by atoms with Crippen molar-refractivity contribution in [2.45, 2.75) is 37.3 Å². The first-order valence-electron chi connectivity index (χ1n) is 15.7. The van der Waals surface area contributed by atoms with Crippen molar-refractivity contribution in [3.05, 3.63) is 95.1 Å². The lowest BCUT2D eigenvalue weighted by molar-refractivity contribution is -0.291. The van der Waals surface area contributed by atoms with E-state index in [1.165, 1.54) is 12.2 Å². The average Bonchev–Trinajstić information content (AvgIpc) is 3.06. The number of carbonyl (C=O) groups is 4. The third-order valence-corrected chi connectivity index (χ3v) is 9.20. The van der Waals surface area contributed by atoms with Crippen molar-refractivity contribution in [1.82, 2.24) is 0 Å². The predicted molar refractivity (Wildman–Crippen MR) is 181 cm³/mol. The van der Waals surface area contributed by atoms with Gasteiger partial charge in [0.15, 0.2) is 0 Å². The maximum Gasteiger partial charge on any atom is 0.348 e. The SMILES string of the molecule is CN(C)c1ccc(C=C2C(=O)OC3(CCC4(CC3)OC(=O)C(=Cc3ccc(N(C)C)c5ccccc35)C(=O)O4)OC2=O)c2ccccc12. The van der Waals surface area contributed by atoms with E-state index in [1.54, 1.807) is 0 Å². The number of fused-ring (bicyclic) bond motifs is 2. The fraction of sp³-hybridized carbons (Fsp3) is 0.263. The van der Waals surface area contributed by atoms with Gasteiger partial charge in [-0.15, -0.1) is 0 Å². The minimum absolute atomic E-state index is 0.0194. The molecule has 0 bridgehead atoms. The largest absolute Gasteiger partial charge is 0.419 e. The van der Waals surface area contributed by atoms with Crippen LogP contribution in [0.5, 0.6) is 0 Å². The summed E-state index contributed by atoms with van der Waals surface area (Å²) in [6, 6.07) is 23.0. The highest BCUT2D eigenvalue weighted by molar-refractivity contribution is 6.21. The Kier molecular flexibility index (Phi) is 7.46. The molecule has 1 saturated carbocycles. The van der Waals surface area contributed by atoms with E-state index in [2.05, 4.69) is 0 Å². The maximum atomic E-state index is 13.3. The average molecular weight is 647 g/mol. The Morgan fingerprint density at radius 2 is 0.792 bits per heavy atom. The summed E-state index contributed by atoms with van der Waals surface area (Å²) in [5.74, 6) is -6.35. The number of rotatable bonds is 4. The van der Waals surface area contributed by atoms with E-state index in [-0.39, 0.29) is 36.8 Å². The standard InChI is InChI=1S/C38H34N2O8/c1-39(2)31-15-13-23(25-9-5-7-11-27(25)31)21-29-33(41)45-37(46-34(29)42)17-19-38(20-18-37)47-35(43)30(36(44)48-38)22-24-14-16-32(40(3)4)28-12-8-6-10-26(24)28/h5-16,21-22H,17-20H2,1-4H3. The second kappa shape index (κ2) is 11.6. The number of nitrogens with zero attached hydrogens (tertiary/aromatic N) is 2. The molecule has 2 heterocycles. The van der Waals surface area contributed by atoms with Gasteiger partial charge in [-0.05, 0) is 46.2 Å². The van der Waals surface area contributed by atoms with Crippen LogP contribution in [0.3, 0.4) is 0 Å². The molecule has 0 radical (unpaired) electrons. The zero-order chi connectivity index (χ0) is 33.8. The van der Waals surface area contributed by atoms with Gasteiger partial charge in [0.1, 0.15) is 11.1 Å². The molecule has 0 atom stereocenters. The van der Waals surface area contributed by atoms with Crippen LogP contribution in [0.15, 0.2) is 83.9 Å². The lowest BCUT2D eigenvalue weighted by atomic mass is 9.87. The van der Waals surface area contributed by atoms with Crippen molar-refractivity contribution in [2.24, 2.45) is 0 Å². The third kappa shape index (κ3) is 5.33. The molecule has 0 unspecified atom stereocenters. The number of esters is 4. The van der Waals surface area contributed by atoms with E-state index in [0.717, 1.165) is 32.9 Å². The van der Waals surface area contributed by atoms with Gasteiger partial charge in [0.2, 0.25) is 0 Å². The molecule has 2 aliphatic heterocycles. The summed E-state index contributed by atoms with van der Waals surface area (Å²) in [7, 11) is 7.78. The van der Waals surface area contributed by atoms with Crippen molar-refractivity contribution in [3.8, 4) is 0 Å². The van der Waals surface area contributed by atoms with Gasteiger partial charge in [0.25, 0.3) is 11.6 Å². The fourth-order valence-electron chi connectivity index (χ4n) is 6.72. The summed E-state index contributed by atoms with van der Waals surface area (Å²) in [5.41, 5.74) is 2.89. The molecule has 1 aliphatic carbocycles. The first kappa shape index (κ1) is 31.0. The minimum atomic E-state index is -1.56. The summed E-state index contributed by atoms with van der Waals surface area (Å²) >= 11 is 0. The van der Waals surface area contributed by atoms with E-state index < -0.39 is 35.5 Å². The Labute approximate surface area is 277 Å². The number of ether oxygens (including phenoxy) is 4. The number of anilines is 2. The van der Waals surface area contributed by atoms with E-state index in [0.29, 0.717) is 11.1 Å². The van der Waals surface area contributed by atoms with Crippen LogP contribution in [-0.2, 0) is 38.1 Å². The lowest BCUT2D eigenvalue weighted by Gasteiger charge is -2.46. The molecule has 4 aromatic rings. The van der Waals surface area contributed by atoms with Crippen LogP contribution >= 0.6 is 0 Å². The van der Waals surface area contributed by atoms with Crippen LogP contribution in [0.2, 0.25) is 0 Å². The fourth-order valence-corrected chi connectivity index (χ4v) is 6.72. The Balaban J connectivity index is 1.07. The Hall–Kier alpha value is -5.64. The summed E-state index contributed by atoms with van der Waals surface area (Å²) in [6.07, 6.45) is 2.89. The van der Waals surface area contributed by atoms with Crippen molar-refractivity contribution in [1.29, 1.82) is 0 Å². The van der Waals surface area contributed by atoms with Crippen molar-refractivity contribution in [2.75, 3.05) is 38.0 Å². The summed E-state index contributed by atoms with van der Waals surface area (Å²) in [5, 5.41) is 3.66. The number of carbonyl (C=O) groups excluding carboxylic acids is 4. The Morgan fingerprint density at radius 3 is 1.10 bits per heavy atom. The summed E-state index contributed by atoms with van der Waals surface area (Å²) < 4.78 is 23.0. The van der Waals surface area contributed by atoms with Crippen LogP contribution in [-0.4, -0.2) is 63.6 Å². The zero-order valence-electron chi connectivity index (χ0n) is 27.1. The van der Waals surface area contributed by atoms with E-state index >= 15 is 0 Å². The van der Waals surface area contributed by atoms with Gasteiger partial charge < -0.3 is 28.7 Å². The van der Waals surface area contributed by atoms with Crippen LogP contribution < -0.4 is 9.80 Å². The van der Waals surface area contributed by atoms with E-state index in [9.17, 15) is 19.2 Å². The summed E-state index contributed by atoms with van der Waals surface area (Å²) in [6.45, 7) is 0. The van der Waals surface area contributed by atoms with Crippen LogP contribution in [0, 0.1) is 0 Å². The van der Waals surface area contributed by atoms with E-state index in [4.69, 9.17) is 18.9 Å². The number of benzene rings is 4. The van der Waals surface area contributed by atoms with Gasteiger partial charge >= 0.3 is 23.9 Å². The molecule has 0 N–H and O–H groups in total. The molecule has 48 heavy (non-hydrogen) atoms. The Morgan fingerprint density at radius 1 is 0.479 bits per heavy atom. The molecule has 2 spiro atoms. The van der Waals surface area contributed by atoms with Gasteiger partial charge in [-0.25, -0.2) is 19.2 Å². The van der Waals surface area contributed by atoms with Crippen LogP contribution in [0.1, 0.15) is 36.8 Å². The highest BCUT2D eigenvalue weighted by Gasteiger charge is 2.56. The molecule has 3 aliphatic rings. The van der Waals surface area contributed by atoms with Crippen molar-refractivity contribution >= 4 is 68.9 Å². The summed E-state index contributed by atoms with van der Waals surface area (Å²) in [4.78, 5) is 57.0. The molecular formula is C38H34N2O8. The molecule has 2 saturated heterocycles. The normalized spacial score (nSPS) is 22.3. The zero-order valence-corrected chi connectivity index (χ0v) is 27.1. The minimum Gasteiger partial charge on any atom is -0.419 e. The highest BCUT2D eigenvalue weighted by atomic mass is 16.8. The molecule has 0 aromatic heterocycles. The van der Waals surface area contributed by atoms with Gasteiger partial charge in [-0.3, -0.25) is 0 Å². The van der Waals surface area contributed by atoms with Gasteiger partial charge in [0.05, 0.1) is 0 Å². The second-order valence-electron chi connectivity index (χ2n) is 12.7. The van der Waals surface area contributed by atoms with Crippen LogP contribution in [0.25, 0.3) is 33.7 Å². The first-order chi connectivity index (χ1) is 23.0. The molecule has 10 heteroatoms. The molecular weight excluding hydrogens is 612 g/mol. The van der Waals surface area contributed by atoms with E-state index in [1.807, 2.05) is 111 Å².